The number of benzene rings is 2. The molecule has 0 spiro atoms. The quantitative estimate of drug-likeness (QED) is 0.514. The smallest absolute Gasteiger partial charge is 0.145 e. The molecule has 1 atom stereocenters. The van der Waals surface area contributed by atoms with Gasteiger partial charge in [-0.1, -0.05) is 0 Å². The van der Waals surface area contributed by atoms with E-state index in [4.69, 9.17) is 9.47 Å². The summed E-state index contributed by atoms with van der Waals surface area (Å²) in [5.41, 5.74) is 2.86. The molecule has 7 nitrogen and oxygen atoms in total. The number of rotatable bonds is 7. The molecule has 2 aromatic carbocycles. The lowest BCUT2D eigenvalue weighted by Gasteiger charge is -2.23. The van der Waals surface area contributed by atoms with Gasteiger partial charge >= 0.3 is 0 Å². The van der Waals surface area contributed by atoms with E-state index in [1.54, 1.807) is 12.1 Å². The molecule has 1 unspecified atom stereocenters. The Labute approximate surface area is 187 Å². The number of anilines is 3. The summed E-state index contributed by atoms with van der Waals surface area (Å²) >= 11 is 0. The third-order valence-electron chi connectivity index (χ3n) is 5.28. The minimum absolute atomic E-state index is 0.367. The summed E-state index contributed by atoms with van der Waals surface area (Å²) in [5, 5.41) is 4.09. The molecule has 170 valence electrons. The van der Waals surface area contributed by atoms with Crippen molar-refractivity contribution in [2.45, 2.75) is 19.8 Å². The Bertz CT molecular complexity index is 1230. The summed E-state index contributed by atoms with van der Waals surface area (Å²) in [6.45, 7) is 3.89. The number of hydrogen-bond acceptors (Lipinski definition) is 6. The molecule has 0 amide bonds. The van der Waals surface area contributed by atoms with E-state index in [1.807, 2.05) is 13.0 Å². The highest BCUT2D eigenvalue weighted by atomic mass is 32.2. The van der Waals surface area contributed by atoms with E-state index in [0.29, 0.717) is 41.0 Å². The molecule has 0 bridgehead atoms. The lowest BCUT2D eigenvalue weighted by molar-refractivity contribution is 0.0498. The third kappa shape index (κ3) is 5.46. The molecule has 0 saturated carbocycles. The lowest BCUT2D eigenvalue weighted by atomic mass is 10.0. The maximum atomic E-state index is 14.0. The van der Waals surface area contributed by atoms with E-state index in [-0.39, 0.29) is 5.82 Å². The van der Waals surface area contributed by atoms with Gasteiger partial charge in [-0.05, 0) is 61.4 Å². The van der Waals surface area contributed by atoms with Gasteiger partial charge in [0, 0.05) is 46.3 Å². The standard InChI is InChI=1S/C23H27FN4O3S/c1-15-10-18(28-32(2,3)29)12-20-22(15)23(26-14-25-20)27-19-5-4-17(24)11-21(19)31-13-16-6-8-30-9-7-16/h4-5,10-12,14,16H,2,6-9,13H2,1,3H3,(H,28,29)(H,25,26,27). The summed E-state index contributed by atoms with van der Waals surface area (Å²) < 4.78 is 40.3. The first-order chi connectivity index (χ1) is 15.3. The Hall–Kier alpha value is -2.91. The SMILES string of the molecule is C=S(C)(=O)Nc1cc(C)c2c(Nc3ccc(F)cc3OCC3CCOCC3)ncnc2c1. The first-order valence-electron chi connectivity index (χ1n) is 10.4. The molecule has 0 radical (unpaired) electrons. The fraction of sp³-hybridized carbons (Fsp3) is 0.348. The predicted octanol–water partition coefficient (Wildman–Crippen LogP) is 4.30. The molecule has 9 heteroatoms. The van der Waals surface area contributed by atoms with Gasteiger partial charge in [0.2, 0.25) is 0 Å². The summed E-state index contributed by atoms with van der Waals surface area (Å²) in [6.07, 6.45) is 4.85. The first-order valence-corrected chi connectivity index (χ1v) is 12.5. The van der Waals surface area contributed by atoms with Crippen LogP contribution < -0.4 is 14.8 Å². The molecule has 1 aromatic heterocycles. The average Bonchev–Trinajstić information content (AvgIpc) is 2.73. The molecule has 1 saturated heterocycles. The highest BCUT2D eigenvalue weighted by Gasteiger charge is 2.17. The Balaban J connectivity index is 1.63. The summed E-state index contributed by atoms with van der Waals surface area (Å²) in [6, 6.07) is 8.08. The molecule has 4 rings (SSSR count). The van der Waals surface area contributed by atoms with E-state index in [2.05, 4.69) is 25.9 Å². The highest BCUT2D eigenvalue weighted by Crippen LogP contribution is 2.33. The normalized spacial score (nSPS) is 16.5. The zero-order valence-corrected chi connectivity index (χ0v) is 19.0. The number of nitrogens with one attached hydrogen (secondary N) is 2. The predicted molar refractivity (Wildman–Crippen MR) is 128 cm³/mol. The average molecular weight is 459 g/mol. The van der Waals surface area contributed by atoms with Crippen LogP contribution in [0.5, 0.6) is 5.75 Å². The molecule has 32 heavy (non-hydrogen) atoms. The van der Waals surface area contributed by atoms with Gasteiger partial charge in [0.1, 0.15) is 23.7 Å². The van der Waals surface area contributed by atoms with E-state index < -0.39 is 9.71 Å². The van der Waals surface area contributed by atoms with Gasteiger partial charge in [0.25, 0.3) is 0 Å². The largest absolute Gasteiger partial charge is 0.491 e. The van der Waals surface area contributed by atoms with Crippen LogP contribution in [0, 0.1) is 18.7 Å². The summed E-state index contributed by atoms with van der Waals surface area (Å²) in [7, 11) is -2.42. The van der Waals surface area contributed by atoms with Gasteiger partial charge in [0.05, 0.1) is 17.8 Å². The van der Waals surface area contributed by atoms with Crippen LogP contribution in [0.15, 0.2) is 36.7 Å². The maximum Gasteiger partial charge on any atom is 0.145 e. The Kier molecular flexibility index (Phi) is 6.48. The van der Waals surface area contributed by atoms with Gasteiger partial charge < -0.3 is 19.5 Å². The molecule has 2 N–H and O–H groups in total. The molecule has 2 heterocycles. The Morgan fingerprint density at radius 1 is 1.25 bits per heavy atom. The number of nitrogens with zero attached hydrogens (tertiary/aromatic N) is 2. The van der Waals surface area contributed by atoms with Crippen LogP contribution in [0.2, 0.25) is 0 Å². The molecule has 3 aromatic rings. The van der Waals surface area contributed by atoms with E-state index in [1.165, 1.54) is 24.7 Å². The van der Waals surface area contributed by atoms with Gasteiger partial charge in [-0.15, -0.1) is 0 Å². The highest BCUT2D eigenvalue weighted by molar-refractivity contribution is 8.00. The summed E-state index contributed by atoms with van der Waals surface area (Å²) in [4.78, 5) is 8.77. The van der Waals surface area contributed by atoms with Crippen LogP contribution in [-0.4, -0.2) is 46.1 Å². The first kappa shape index (κ1) is 22.3. The molecular formula is C23H27FN4O3S. The molecule has 1 aliphatic heterocycles. The summed E-state index contributed by atoms with van der Waals surface area (Å²) in [5.74, 6) is 4.66. The van der Waals surface area contributed by atoms with Gasteiger partial charge in [-0.25, -0.2) is 18.6 Å². The fourth-order valence-electron chi connectivity index (χ4n) is 3.76. The van der Waals surface area contributed by atoms with Gasteiger partial charge in [-0.2, -0.15) is 0 Å². The zero-order valence-electron chi connectivity index (χ0n) is 18.2. The Morgan fingerprint density at radius 3 is 2.78 bits per heavy atom. The van der Waals surface area contributed by atoms with E-state index >= 15 is 0 Å². The van der Waals surface area contributed by atoms with Crippen LogP contribution in [-0.2, 0) is 14.4 Å². The van der Waals surface area contributed by atoms with E-state index in [0.717, 1.165) is 37.0 Å². The fourth-order valence-corrected chi connectivity index (χ4v) is 4.38. The van der Waals surface area contributed by atoms with Crippen molar-refractivity contribution in [1.82, 2.24) is 9.97 Å². The van der Waals surface area contributed by atoms with Crippen molar-refractivity contribution in [1.29, 1.82) is 0 Å². The number of ether oxygens (including phenoxy) is 2. The van der Waals surface area contributed by atoms with Crippen molar-refractivity contribution in [3.63, 3.8) is 0 Å². The topological polar surface area (TPSA) is 85.4 Å². The number of fused-ring (bicyclic) bond motifs is 1. The number of aryl methyl sites for hydroxylation is 1. The molecule has 1 aliphatic rings. The number of halogens is 1. The van der Waals surface area contributed by atoms with Crippen LogP contribution in [0.1, 0.15) is 18.4 Å². The van der Waals surface area contributed by atoms with Gasteiger partial charge in [-0.3, -0.25) is 0 Å². The van der Waals surface area contributed by atoms with Gasteiger partial charge in [0.15, 0.2) is 0 Å². The van der Waals surface area contributed by atoms with Crippen LogP contribution in [0.3, 0.4) is 0 Å². The molecule has 0 aliphatic carbocycles. The van der Waals surface area contributed by atoms with Crippen LogP contribution in [0.25, 0.3) is 10.9 Å². The van der Waals surface area contributed by atoms with Crippen molar-refractivity contribution in [3.05, 3.63) is 48.0 Å². The lowest BCUT2D eigenvalue weighted by Crippen LogP contribution is -2.21. The van der Waals surface area contributed by atoms with Crippen LogP contribution in [0.4, 0.5) is 21.6 Å². The van der Waals surface area contributed by atoms with Crippen LogP contribution >= 0.6 is 0 Å². The third-order valence-corrected chi connectivity index (χ3v) is 5.95. The van der Waals surface area contributed by atoms with Crippen molar-refractivity contribution in [3.8, 4) is 5.75 Å². The second-order valence-corrected chi connectivity index (χ2v) is 10.4. The second-order valence-electron chi connectivity index (χ2n) is 8.15. The molecular weight excluding hydrogens is 431 g/mol. The maximum absolute atomic E-state index is 14.0. The van der Waals surface area contributed by atoms with Crippen molar-refractivity contribution >= 4 is 43.7 Å². The Morgan fingerprint density at radius 2 is 2.03 bits per heavy atom. The minimum atomic E-state index is -2.42. The van der Waals surface area contributed by atoms with Crippen molar-refractivity contribution in [2.75, 3.05) is 36.1 Å². The number of hydrogen-bond donors (Lipinski definition) is 2. The van der Waals surface area contributed by atoms with Crippen molar-refractivity contribution < 1.29 is 18.1 Å². The molecule has 1 fully saturated rings. The monoisotopic (exact) mass is 458 g/mol. The minimum Gasteiger partial charge on any atom is -0.491 e. The second kappa shape index (κ2) is 9.30. The van der Waals surface area contributed by atoms with E-state index in [9.17, 15) is 8.60 Å². The van der Waals surface area contributed by atoms with Crippen molar-refractivity contribution in [2.24, 2.45) is 5.92 Å². The zero-order chi connectivity index (χ0) is 22.7. The number of aromatic nitrogens is 2.